The Kier molecular flexibility index (Phi) is 10.7. The van der Waals surface area contributed by atoms with Crippen molar-refractivity contribution in [2.45, 2.75) is 89.0 Å². The van der Waals surface area contributed by atoms with Gasteiger partial charge in [0, 0.05) is 13.2 Å². The molecule has 2 aromatic carbocycles. The molecule has 10 heteroatoms. The number of sulfonamides is 1. The summed E-state index contributed by atoms with van der Waals surface area (Å²) in [6.45, 7) is 8.15. The molecule has 0 radical (unpaired) electrons. The summed E-state index contributed by atoms with van der Waals surface area (Å²) < 4.78 is 66.1. The highest BCUT2D eigenvalue weighted by Gasteiger charge is 2.43. The monoisotopic (exact) mass is 565 g/mol. The minimum absolute atomic E-state index is 0.123. The van der Waals surface area contributed by atoms with E-state index in [1.807, 2.05) is 30.3 Å². The van der Waals surface area contributed by atoms with E-state index in [0.717, 1.165) is 22.7 Å². The summed E-state index contributed by atoms with van der Waals surface area (Å²) in [5, 5.41) is 0. The van der Waals surface area contributed by atoms with E-state index in [2.05, 4.69) is 0 Å². The summed E-state index contributed by atoms with van der Waals surface area (Å²) in [5.74, 6) is -2.06. The first kappa shape index (κ1) is 30.8. The van der Waals surface area contributed by atoms with Gasteiger partial charge in [-0.15, -0.1) is 0 Å². The highest BCUT2D eigenvalue weighted by molar-refractivity contribution is 7.89. The highest BCUT2D eigenvalue weighted by atomic mass is 32.2. The van der Waals surface area contributed by atoms with E-state index in [1.54, 1.807) is 27.7 Å². The van der Waals surface area contributed by atoms with Crippen molar-refractivity contribution in [3.05, 3.63) is 53.8 Å². The number of nitrogens with zero attached hydrogens (tertiary/aromatic N) is 1. The molecule has 216 valence electrons. The molecule has 0 spiro atoms. The van der Waals surface area contributed by atoms with Gasteiger partial charge in [-0.25, -0.2) is 8.42 Å². The number of unbranched alkanes of at least 4 members (excludes halogenated alkanes) is 1. The fourth-order valence-corrected chi connectivity index (χ4v) is 6.17. The largest absolute Gasteiger partial charge is 0.494 e. The lowest BCUT2D eigenvalue weighted by Crippen LogP contribution is -2.43. The number of benzene rings is 2. The molecule has 3 rings (SSSR count). The van der Waals surface area contributed by atoms with Crippen molar-refractivity contribution >= 4 is 16.0 Å². The van der Waals surface area contributed by atoms with Gasteiger partial charge in [0.1, 0.15) is 16.5 Å². The van der Waals surface area contributed by atoms with Gasteiger partial charge < -0.3 is 18.9 Å². The summed E-state index contributed by atoms with van der Waals surface area (Å²) in [6, 6.07) is 11.4. The molecule has 1 heterocycles. The summed E-state index contributed by atoms with van der Waals surface area (Å²) in [5.41, 5.74) is 0.334. The van der Waals surface area contributed by atoms with Crippen molar-refractivity contribution in [3.8, 4) is 11.5 Å². The van der Waals surface area contributed by atoms with Crippen LogP contribution >= 0.6 is 0 Å². The maximum atomic E-state index is 15.4. The molecular formula is C29H40FNO7S. The van der Waals surface area contributed by atoms with Crippen LogP contribution in [0.2, 0.25) is 0 Å². The van der Waals surface area contributed by atoms with E-state index >= 15 is 4.39 Å². The lowest BCUT2D eigenvalue weighted by atomic mass is 10.2. The molecule has 1 saturated heterocycles. The van der Waals surface area contributed by atoms with Crippen molar-refractivity contribution in [2.24, 2.45) is 0 Å². The molecule has 0 amide bonds. The van der Waals surface area contributed by atoms with Crippen LogP contribution in [0.15, 0.2) is 47.4 Å². The van der Waals surface area contributed by atoms with Gasteiger partial charge in [0.05, 0.1) is 19.8 Å². The van der Waals surface area contributed by atoms with Gasteiger partial charge in [-0.05, 0) is 77.5 Å². The van der Waals surface area contributed by atoms with Gasteiger partial charge in [0.25, 0.3) is 0 Å². The predicted octanol–water partition coefficient (Wildman–Crippen LogP) is 5.48. The smallest absolute Gasteiger partial charge is 0.324 e. The number of halogens is 1. The lowest BCUT2D eigenvalue weighted by molar-refractivity contribution is -0.158. The molecule has 8 nitrogen and oxygen atoms in total. The number of methoxy groups -OCH3 is 1. The fourth-order valence-electron chi connectivity index (χ4n) is 4.41. The number of hydrogen-bond acceptors (Lipinski definition) is 7. The Balaban J connectivity index is 1.69. The van der Waals surface area contributed by atoms with Crippen LogP contribution in [0.25, 0.3) is 0 Å². The first-order valence-electron chi connectivity index (χ1n) is 13.3. The van der Waals surface area contributed by atoms with Crippen LogP contribution in [0.4, 0.5) is 4.39 Å². The van der Waals surface area contributed by atoms with Crippen LogP contribution in [0, 0.1) is 5.82 Å². The first-order chi connectivity index (χ1) is 18.4. The summed E-state index contributed by atoms with van der Waals surface area (Å²) >= 11 is 0. The molecule has 0 aromatic heterocycles. The van der Waals surface area contributed by atoms with Crippen LogP contribution in [-0.2, 0) is 30.9 Å². The molecule has 1 aliphatic heterocycles. The fraction of sp³-hybridized carbons (Fsp3) is 0.552. The van der Waals surface area contributed by atoms with E-state index in [4.69, 9.17) is 18.9 Å². The minimum Gasteiger partial charge on any atom is -0.494 e. The molecule has 0 N–H and O–H groups in total. The Labute approximate surface area is 231 Å². The van der Waals surface area contributed by atoms with Crippen LogP contribution in [0.3, 0.4) is 0 Å². The lowest BCUT2D eigenvalue weighted by Gasteiger charge is -2.28. The molecule has 2 aromatic rings. The zero-order valence-corrected chi connectivity index (χ0v) is 24.3. The topological polar surface area (TPSA) is 91.4 Å². The number of esters is 1. The van der Waals surface area contributed by atoms with Crippen LogP contribution < -0.4 is 9.47 Å². The molecular weight excluding hydrogens is 525 g/mol. The SMILES string of the molecule is COc1ccc(S(=O)(=O)N2CCC[C@H]2C(=O)OC(C)(C)C)c(O[C@H](C)CCCCOCc2ccccc2)c1F. The maximum absolute atomic E-state index is 15.4. The second-order valence-electron chi connectivity index (χ2n) is 10.7. The van der Waals surface area contributed by atoms with Crippen molar-refractivity contribution in [3.63, 3.8) is 0 Å². The third-order valence-corrected chi connectivity index (χ3v) is 8.23. The zero-order chi connectivity index (χ0) is 28.6. The summed E-state index contributed by atoms with van der Waals surface area (Å²) in [4.78, 5) is 12.5. The van der Waals surface area contributed by atoms with Gasteiger partial charge in [-0.2, -0.15) is 8.70 Å². The quantitative estimate of drug-likeness (QED) is 0.235. The first-order valence-corrected chi connectivity index (χ1v) is 14.8. The Morgan fingerprint density at radius 1 is 1.13 bits per heavy atom. The Morgan fingerprint density at radius 3 is 2.51 bits per heavy atom. The van der Waals surface area contributed by atoms with Gasteiger partial charge in [0.2, 0.25) is 15.8 Å². The standard InChI is InChI=1S/C29H40FNO7S/c1-21(12-9-10-19-36-20-22-13-7-6-8-14-22)37-27-25(17-16-24(35-5)26(27)30)39(33,34)31-18-11-15-23(31)28(32)38-29(2,3)4/h6-8,13-14,16-17,21,23H,9-12,15,18-20H2,1-5H3/t21-,23+/m1/s1. The van der Waals surface area contributed by atoms with Gasteiger partial charge in [0.15, 0.2) is 11.5 Å². The van der Waals surface area contributed by atoms with Crippen LogP contribution in [-0.4, -0.2) is 56.7 Å². The van der Waals surface area contributed by atoms with Gasteiger partial charge in [-0.1, -0.05) is 30.3 Å². The zero-order valence-electron chi connectivity index (χ0n) is 23.4. The average molecular weight is 566 g/mol. The van der Waals surface area contributed by atoms with Crippen molar-refractivity contribution in [1.29, 1.82) is 0 Å². The second-order valence-corrected chi connectivity index (χ2v) is 12.5. The van der Waals surface area contributed by atoms with Crippen molar-refractivity contribution in [1.82, 2.24) is 4.31 Å². The van der Waals surface area contributed by atoms with E-state index in [-0.39, 0.29) is 17.2 Å². The molecule has 1 aliphatic rings. The third kappa shape index (κ3) is 8.40. The van der Waals surface area contributed by atoms with Crippen molar-refractivity contribution < 1.29 is 36.6 Å². The Bertz CT molecular complexity index is 1200. The Morgan fingerprint density at radius 2 is 1.85 bits per heavy atom. The number of rotatable bonds is 13. The molecule has 0 bridgehead atoms. The number of ether oxygens (including phenoxy) is 4. The normalized spacial score (nSPS) is 17.1. The van der Waals surface area contributed by atoms with E-state index in [1.165, 1.54) is 19.2 Å². The molecule has 0 aliphatic carbocycles. The van der Waals surface area contributed by atoms with E-state index < -0.39 is 45.3 Å². The molecule has 39 heavy (non-hydrogen) atoms. The maximum Gasteiger partial charge on any atom is 0.324 e. The molecule has 2 atom stereocenters. The van der Waals surface area contributed by atoms with E-state index in [9.17, 15) is 13.2 Å². The average Bonchev–Trinajstić information content (AvgIpc) is 3.38. The van der Waals surface area contributed by atoms with Crippen LogP contribution in [0.1, 0.15) is 65.4 Å². The number of hydrogen-bond donors (Lipinski definition) is 0. The summed E-state index contributed by atoms with van der Waals surface area (Å²) in [7, 11) is -2.98. The Hall–Kier alpha value is -2.69. The number of carbonyl (C=O) groups excluding carboxylic acids is 1. The predicted molar refractivity (Wildman–Crippen MR) is 146 cm³/mol. The third-order valence-electron chi connectivity index (χ3n) is 6.29. The van der Waals surface area contributed by atoms with E-state index in [0.29, 0.717) is 32.5 Å². The minimum atomic E-state index is -4.28. The summed E-state index contributed by atoms with van der Waals surface area (Å²) in [6.07, 6.45) is 2.42. The van der Waals surface area contributed by atoms with Gasteiger partial charge >= 0.3 is 5.97 Å². The molecule has 0 unspecified atom stereocenters. The van der Waals surface area contributed by atoms with Gasteiger partial charge in [-0.3, -0.25) is 4.79 Å². The molecule has 0 saturated carbocycles. The van der Waals surface area contributed by atoms with Crippen molar-refractivity contribution in [2.75, 3.05) is 20.3 Å². The molecule has 1 fully saturated rings. The highest BCUT2D eigenvalue weighted by Crippen LogP contribution is 2.38. The number of carbonyl (C=O) groups is 1. The second kappa shape index (κ2) is 13.6. The van der Waals surface area contributed by atoms with Crippen LogP contribution in [0.5, 0.6) is 11.5 Å².